The number of hydrogen-bond donors (Lipinski definition) is 0. The van der Waals surface area contributed by atoms with Crippen LogP contribution in [-0.2, 0) is 4.79 Å². The molecule has 0 bridgehead atoms. The van der Waals surface area contributed by atoms with Crippen LogP contribution in [0.2, 0.25) is 0 Å². The molecule has 0 amide bonds. The van der Waals surface area contributed by atoms with Gasteiger partial charge >= 0.3 is 0 Å². The lowest BCUT2D eigenvalue weighted by Crippen LogP contribution is -2.11. The van der Waals surface area contributed by atoms with E-state index in [0.29, 0.717) is 0 Å². The number of carbonyl (C=O) groups is 1. The van der Waals surface area contributed by atoms with Crippen LogP contribution in [0.5, 0.6) is 0 Å². The molecule has 0 fully saturated rings. The third-order valence-electron chi connectivity index (χ3n) is 4.23. The molecule has 2 rings (SSSR count). The minimum absolute atomic E-state index is 0.175. The van der Waals surface area contributed by atoms with Gasteiger partial charge in [-0.05, 0) is 74.9 Å². The second-order valence-corrected chi connectivity index (χ2v) is 6.24. The molecule has 0 aromatic heterocycles. The normalized spacial score (nSPS) is 11.0. The van der Waals surface area contributed by atoms with Crippen molar-refractivity contribution in [3.05, 3.63) is 68.8 Å². The quantitative estimate of drug-likeness (QED) is 0.733. The van der Waals surface area contributed by atoms with E-state index in [1.807, 2.05) is 0 Å². The molecule has 2 aromatic carbocycles. The lowest BCUT2D eigenvalue weighted by Gasteiger charge is -2.22. The summed E-state index contributed by atoms with van der Waals surface area (Å²) in [4.78, 5) is 11.9. The zero-order valence-corrected chi connectivity index (χ0v) is 13.9. The van der Waals surface area contributed by atoms with Gasteiger partial charge in [-0.1, -0.05) is 35.4 Å². The van der Waals surface area contributed by atoms with E-state index in [1.165, 1.54) is 33.4 Å². The lowest BCUT2D eigenvalue weighted by molar-refractivity contribution is -0.108. The third-order valence-corrected chi connectivity index (χ3v) is 4.23. The number of hydrogen-bond acceptors (Lipinski definition) is 1. The second-order valence-electron chi connectivity index (χ2n) is 6.24. The first kappa shape index (κ1) is 15.5. The summed E-state index contributed by atoms with van der Waals surface area (Å²) in [7, 11) is 0. The van der Waals surface area contributed by atoms with Crippen LogP contribution >= 0.6 is 0 Å². The molecular formula is C20H24O. The summed E-state index contributed by atoms with van der Waals surface area (Å²) in [5, 5.41) is 0. The molecule has 21 heavy (non-hydrogen) atoms. The molecule has 0 spiro atoms. The van der Waals surface area contributed by atoms with Crippen molar-refractivity contribution in [2.75, 3.05) is 0 Å². The Morgan fingerprint density at radius 1 is 0.667 bits per heavy atom. The van der Waals surface area contributed by atoms with Crippen molar-refractivity contribution in [3.63, 3.8) is 0 Å². The van der Waals surface area contributed by atoms with Crippen molar-refractivity contribution in [1.82, 2.24) is 0 Å². The highest BCUT2D eigenvalue weighted by Gasteiger charge is 2.21. The summed E-state index contributed by atoms with van der Waals surface area (Å²) in [5.74, 6) is -0.175. The maximum absolute atomic E-state index is 11.9. The maximum atomic E-state index is 11.9. The van der Waals surface area contributed by atoms with E-state index in [9.17, 15) is 4.79 Å². The third kappa shape index (κ3) is 2.92. The van der Waals surface area contributed by atoms with E-state index in [1.54, 1.807) is 0 Å². The van der Waals surface area contributed by atoms with Crippen molar-refractivity contribution in [3.8, 4) is 0 Å². The second kappa shape index (κ2) is 5.85. The predicted molar refractivity (Wildman–Crippen MR) is 89.2 cm³/mol. The van der Waals surface area contributed by atoms with Gasteiger partial charge in [0.05, 0.1) is 5.92 Å². The highest BCUT2D eigenvalue weighted by molar-refractivity contribution is 5.72. The van der Waals surface area contributed by atoms with Gasteiger partial charge in [0.1, 0.15) is 6.29 Å². The predicted octanol–water partition coefficient (Wildman–Crippen LogP) is 4.87. The first-order chi connectivity index (χ1) is 9.85. The number of rotatable bonds is 3. The summed E-state index contributed by atoms with van der Waals surface area (Å²) >= 11 is 0. The van der Waals surface area contributed by atoms with E-state index in [2.05, 4.69) is 65.8 Å². The Balaban J connectivity index is 2.69. The minimum Gasteiger partial charge on any atom is -0.302 e. The molecule has 0 N–H and O–H groups in total. The smallest absolute Gasteiger partial charge is 0.131 e. The topological polar surface area (TPSA) is 17.1 Å². The zero-order valence-electron chi connectivity index (χ0n) is 13.9. The van der Waals surface area contributed by atoms with E-state index in [4.69, 9.17) is 0 Å². The Bertz CT molecular complexity index is 591. The summed E-state index contributed by atoms with van der Waals surface area (Å²) in [6.07, 6.45) is 1.09. The monoisotopic (exact) mass is 280 g/mol. The lowest BCUT2D eigenvalue weighted by atomic mass is 9.81. The van der Waals surface area contributed by atoms with Crippen LogP contribution in [0, 0.1) is 41.5 Å². The Morgan fingerprint density at radius 3 is 1.19 bits per heavy atom. The Labute approximate surface area is 128 Å². The fourth-order valence-electron chi connectivity index (χ4n) is 3.64. The number of aldehydes is 1. The van der Waals surface area contributed by atoms with Gasteiger partial charge in [0.2, 0.25) is 0 Å². The van der Waals surface area contributed by atoms with Crippen molar-refractivity contribution in [2.24, 2.45) is 0 Å². The molecule has 1 heteroatoms. The van der Waals surface area contributed by atoms with Gasteiger partial charge in [-0.3, -0.25) is 0 Å². The zero-order chi connectivity index (χ0) is 15.7. The molecule has 0 aliphatic carbocycles. The number of benzene rings is 2. The van der Waals surface area contributed by atoms with Gasteiger partial charge in [0.15, 0.2) is 0 Å². The van der Waals surface area contributed by atoms with Crippen LogP contribution in [-0.4, -0.2) is 6.29 Å². The van der Waals surface area contributed by atoms with E-state index in [0.717, 1.165) is 17.4 Å². The number of carbonyl (C=O) groups excluding carboxylic acids is 1. The SMILES string of the molecule is Cc1cc(C)c(C(C=O)c2c(C)cc(C)cc2C)c(C)c1. The first-order valence-electron chi connectivity index (χ1n) is 7.46. The minimum atomic E-state index is -0.175. The Morgan fingerprint density at radius 2 is 0.952 bits per heavy atom. The molecule has 0 atom stereocenters. The van der Waals surface area contributed by atoms with Gasteiger partial charge in [-0.25, -0.2) is 0 Å². The Hall–Kier alpha value is -1.89. The van der Waals surface area contributed by atoms with E-state index in [-0.39, 0.29) is 5.92 Å². The summed E-state index contributed by atoms with van der Waals surface area (Å²) < 4.78 is 0. The van der Waals surface area contributed by atoms with Gasteiger partial charge in [0.25, 0.3) is 0 Å². The van der Waals surface area contributed by atoms with Crippen LogP contribution in [0.25, 0.3) is 0 Å². The van der Waals surface area contributed by atoms with Crippen molar-refractivity contribution < 1.29 is 4.79 Å². The fraction of sp³-hybridized carbons (Fsp3) is 0.350. The molecule has 0 saturated carbocycles. The molecule has 0 saturated heterocycles. The Kier molecular flexibility index (Phi) is 4.32. The molecule has 0 radical (unpaired) electrons. The van der Waals surface area contributed by atoms with Crippen LogP contribution in [0.1, 0.15) is 50.4 Å². The molecule has 2 aromatic rings. The van der Waals surface area contributed by atoms with Crippen LogP contribution < -0.4 is 0 Å². The first-order valence-corrected chi connectivity index (χ1v) is 7.46. The van der Waals surface area contributed by atoms with Gasteiger partial charge in [-0.2, -0.15) is 0 Å². The molecule has 1 nitrogen and oxygen atoms in total. The average Bonchev–Trinajstić information content (AvgIpc) is 2.34. The highest BCUT2D eigenvalue weighted by Crippen LogP contribution is 2.33. The summed E-state index contributed by atoms with van der Waals surface area (Å²) in [5.41, 5.74) is 9.60. The van der Waals surface area contributed by atoms with Crippen molar-refractivity contribution in [2.45, 2.75) is 47.5 Å². The maximum Gasteiger partial charge on any atom is 0.131 e. The van der Waals surface area contributed by atoms with Crippen LogP contribution in [0.15, 0.2) is 24.3 Å². The van der Waals surface area contributed by atoms with Gasteiger partial charge < -0.3 is 4.79 Å². The standard InChI is InChI=1S/C20H24O/c1-12-7-14(3)19(15(4)8-12)18(11-21)20-16(5)9-13(2)10-17(20)6/h7-11,18H,1-6H3. The molecule has 0 unspecified atom stereocenters. The molecule has 0 heterocycles. The van der Waals surface area contributed by atoms with Crippen LogP contribution in [0.4, 0.5) is 0 Å². The fourth-order valence-corrected chi connectivity index (χ4v) is 3.64. The van der Waals surface area contributed by atoms with Gasteiger partial charge in [0, 0.05) is 0 Å². The molecular weight excluding hydrogens is 256 g/mol. The van der Waals surface area contributed by atoms with Crippen LogP contribution in [0.3, 0.4) is 0 Å². The summed E-state index contributed by atoms with van der Waals surface area (Å²) in [6, 6.07) is 8.66. The highest BCUT2D eigenvalue weighted by atomic mass is 16.1. The largest absolute Gasteiger partial charge is 0.302 e. The summed E-state index contributed by atoms with van der Waals surface area (Å²) in [6.45, 7) is 12.6. The van der Waals surface area contributed by atoms with E-state index < -0.39 is 0 Å². The van der Waals surface area contributed by atoms with Crippen molar-refractivity contribution in [1.29, 1.82) is 0 Å². The van der Waals surface area contributed by atoms with E-state index >= 15 is 0 Å². The molecule has 110 valence electrons. The van der Waals surface area contributed by atoms with Gasteiger partial charge in [-0.15, -0.1) is 0 Å². The van der Waals surface area contributed by atoms with Crippen molar-refractivity contribution >= 4 is 6.29 Å². The molecule has 0 aliphatic rings. The molecule has 0 aliphatic heterocycles. The average molecular weight is 280 g/mol. The number of aryl methyl sites for hydroxylation is 6.